The smallest absolute Gasteiger partial charge is 0.342 e. The monoisotopic (exact) mass is 268 g/mol. The van der Waals surface area contributed by atoms with Gasteiger partial charge in [-0.05, 0) is 19.1 Å². The number of rotatable bonds is 3. The maximum atomic E-state index is 5.69. The number of ether oxygens (including phenoxy) is 1. The molecule has 0 amide bonds. The van der Waals surface area contributed by atoms with Gasteiger partial charge in [-0.1, -0.05) is 18.2 Å². The third-order valence-electron chi connectivity index (χ3n) is 2.76. The molecule has 100 valence electrons. The van der Waals surface area contributed by atoms with Gasteiger partial charge in [0.2, 0.25) is 5.88 Å². The van der Waals surface area contributed by atoms with Crippen LogP contribution in [0.1, 0.15) is 5.56 Å². The second-order valence-corrected chi connectivity index (χ2v) is 4.10. The van der Waals surface area contributed by atoms with Crippen LogP contribution in [-0.2, 0) is 0 Å². The fourth-order valence-electron chi connectivity index (χ4n) is 1.64. The van der Waals surface area contributed by atoms with Crippen molar-refractivity contribution in [1.29, 1.82) is 0 Å². The van der Waals surface area contributed by atoms with Gasteiger partial charge in [0.1, 0.15) is 18.5 Å². The first-order chi connectivity index (χ1) is 9.74. The Hall–Kier alpha value is -2.96. The molecule has 3 rings (SSSR count). The number of benzene rings is 1. The Morgan fingerprint density at radius 2 is 1.90 bits per heavy atom. The van der Waals surface area contributed by atoms with Gasteiger partial charge in [0.05, 0.1) is 11.3 Å². The lowest BCUT2D eigenvalue weighted by molar-refractivity contribution is 0.420. The predicted octanol–water partition coefficient (Wildman–Crippen LogP) is 1.74. The lowest BCUT2D eigenvalue weighted by Gasteiger charge is -2.04. The molecule has 0 aliphatic heterocycles. The predicted molar refractivity (Wildman–Crippen MR) is 72.6 cm³/mol. The number of anilines is 1. The highest BCUT2D eigenvalue weighted by atomic mass is 16.5. The minimum Gasteiger partial charge on any atom is -0.404 e. The van der Waals surface area contributed by atoms with E-state index >= 15 is 0 Å². The first-order valence-corrected chi connectivity index (χ1v) is 5.96. The standard InChI is InChI=1S/C13H12N6O/c1-9-11(14)15-7-16-12(9)20-13-17-8-19(18-13)10-5-3-2-4-6-10/h2-8H,1H3,(H2,14,15,16). The molecule has 0 radical (unpaired) electrons. The number of hydrogen-bond acceptors (Lipinski definition) is 6. The summed E-state index contributed by atoms with van der Waals surface area (Å²) in [5.41, 5.74) is 7.25. The third kappa shape index (κ3) is 2.28. The van der Waals surface area contributed by atoms with Crippen LogP contribution < -0.4 is 10.5 Å². The van der Waals surface area contributed by atoms with Crippen molar-refractivity contribution in [2.24, 2.45) is 0 Å². The van der Waals surface area contributed by atoms with Gasteiger partial charge >= 0.3 is 6.01 Å². The average molecular weight is 268 g/mol. The molecule has 2 aromatic heterocycles. The van der Waals surface area contributed by atoms with Crippen LogP contribution in [0, 0.1) is 6.92 Å². The van der Waals surface area contributed by atoms with Crippen LogP contribution in [0.2, 0.25) is 0 Å². The zero-order valence-corrected chi connectivity index (χ0v) is 10.8. The first kappa shape index (κ1) is 12.1. The Labute approximate surface area is 115 Å². The van der Waals surface area contributed by atoms with Crippen molar-refractivity contribution < 1.29 is 4.74 Å². The van der Waals surface area contributed by atoms with Crippen molar-refractivity contribution in [3.05, 3.63) is 48.5 Å². The normalized spacial score (nSPS) is 10.4. The van der Waals surface area contributed by atoms with E-state index in [1.165, 1.54) is 6.33 Å². The van der Waals surface area contributed by atoms with Crippen molar-refractivity contribution >= 4 is 5.82 Å². The van der Waals surface area contributed by atoms with Crippen LogP contribution in [0.15, 0.2) is 43.0 Å². The van der Waals surface area contributed by atoms with E-state index < -0.39 is 0 Å². The Balaban J connectivity index is 1.86. The van der Waals surface area contributed by atoms with Gasteiger partial charge in [0.15, 0.2) is 0 Å². The van der Waals surface area contributed by atoms with Crippen LogP contribution in [0.25, 0.3) is 5.69 Å². The second-order valence-electron chi connectivity index (χ2n) is 4.10. The largest absolute Gasteiger partial charge is 0.404 e. The zero-order valence-electron chi connectivity index (χ0n) is 10.8. The summed E-state index contributed by atoms with van der Waals surface area (Å²) < 4.78 is 7.14. The van der Waals surface area contributed by atoms with E-state index in [2.05, 4.69) is 20.1 Å². The van der Waals surface area contributed by atoms with Crippen molar-refractivity contribution in [3.63, 3.8) is 0 Å². The summed E-state index contributed by atoms with van der Waals surface area (Å²) in [5.74, 6) is 0.723. The fraction of sp³-hybridized carbons (Fsp3) is 0.0769. The molecular weight excluding hydrogens is 256 g/mol. The highest BCUT2D eigenvalue weighted by Gasteiger charge is 2.10. The first-order valence-electron chi connectivity index (χ1n) is 5.96. The van der Waals surface area contributed by atoms with Gasteiger partial charge in [0.25, 0.3) is 0 Å². The molecule has 0 aliphatic rings. The molecule has 0 spiro atoms. The average Bonchev–Trinajstić information content (AvgIpc) is 2.93. The highest BCUT2D eigenvalue weighted by molar-refractivity contribution is 5.43. The summed E-state index contributed by atoms with van der Waals surface area (Å²) in [7, 11) is 0. The number of nitrogens with zero attached hydrogens (tertiary/aromatic N) is 5. The van der Waals surface area contributed by atoms with E-state index in [1.54, 1.807) is 17.9 Å². The fourth-order valence-corrected chi connectivity index (χ4v) is 1.64. The van der Waals surface area contributed by atoms with Crippen LogP contribution in [0.4, 0.5) is 5.82 Å². The third-order valence-corrected chi connectivity index (χ3v) is 2.76. The Bertz CT molecular complexity index is 725. The van der Waals surface area contributed by atoms with E-state index in [1.807, 2.05) is 30.3 Å². The molecular formula is C13H12N6O. The van der Waals surface area contributed by atoms with Gasteiger partial charge in [-0.25, -0.2) is 14.6 Å². The highest BCUT2D eigenvalue weighted by Crippen LogP contribution is 2.22. The molecule has 2 heterocycles. The SMILES string of the molecule is Cc1c(N)ncnc1Oc1ncn(-c2ccccc2)n1. The van der Waals surface area contributed by atoms with E-state index in [-0.39, 0.29) is 6.01 Å². The van der Waals surface area contributed by atoms with Crippen molar-refractivity contribution in [1.82, 2.24) is 24.7 Å². The molecule has 0 fully saturated rings. The molecule has 1 aromatic carbocycles. The second kappa shape index (κ2) is 4.96. The number of nitrogen functional groups attached to an aromatic ring is 1. The summed E-state index contributed by atoms with van der Waals surface area (Å²) in [6, 6.07) is 9.83. The van der Waals surface area contributed by atoms with E-state index in [0.717, 1.165) is 5.69 Å². The van der Waals surface area contributed by atoms with Gasteiger partial charge in [-0.15, -0.1) is 5.10 Å². The van der Waals surface area contributed by atoms with Gasteiger partial charge in [-0.3, -0.25) is 0 Å². The van der Waals surface area contributed by atoms with Gasteiger partial charge < -0.3 is 10.5 Å². The van der Waals surface area contributed by atoms with Crippen LogP contribution in [-0.4, -0.2) is 24.7 Å². The summed E-state index contributed by atoms with van der Waals surface area (Å²) in [4.78, 5) is 12.0. The Morgan fingerprint density at radius 1 is 1.10 bits per heavy atom. The molecule has 7 heteroatoms. The molecule has 2 N–H and O–H groups in total. The molecule has 0 saturated carbocycles. The molecule has 0 unspecified atom stereocenters. The minimum absolute atomic E-state index is 0.204. The van der Waals surface area contributed by atoms with Crippen molar-refractivity contribution in [2.45, 2.75) is 6.92 Å². The van der Waals surface area contributed by atoms with E-state index in [0.29, 0.717) is 17.3 Å². The number of hydrogen-bond donors (Lipinski definition) is 1. The van der Waals surface area contributed by atoms with Gasteiger partial charge in [-0.2, -0.15) is 4.98 Å². The van der Waals surface area contributed by atoms with Crippen molar-refractivity contribution in [3.8, 4) is 17.6 Å². The summed E-state index contributed by atoms with van der Waals surface area (Å²) >= 11 is 0. The summed E-state index contributed by atoms with van der Waals surface area (Å²) in [6.45, 7) is 1.78. The number of para-hydroxylation sites is 1. The van der Waals surface area contributed by atoms with Crippen LogP contribution >= 0.6 is 0 Å². The number of aromatic nitrogens is 5. The molecule has 3 aromatic rings. The summed E-state index contributed by atoms with van der Waals surface area (Å²) in [5, 5.41) is 4.23. The minimum atomic E-state index is 0.204. The maximum Gasteiger partial charge on any atom is 0.342 e. The lowest BCUT2D eigenvalue weighted by Crippen LogP contribution is -2.00. The van der Waals surface area contributed by atoms with E-state index in [4.69, 9.17) is 10.5 Å². The Morgan fingerprint density at radius 3 is 2.70 bits per heavy atom. The van der Waals surface area contributed by atoms with Crippen LogP contribution in [0.3, 0.4) is 0 Å². The zero-order chi connectivity index (χ0) is 13.9. The number of nitrogens with two attached hydrogens (primary N) is 1. The molecule has 0 atom stereocenters. The molecule has 0 bridgehead atoms. The molecule has 0 saturated heterocycles. The van der Waals surface area contributed by atoms with Crippen molar-refractivity contribution in [2.75, 3.05) is 5.73 Å². The molecule has 0 aliphatic carbocycles. The Kier molecular flexibility index (Phi) is 3.00. The molecule has 20 heavy (non-hydrogen) atoms. The quantitative estimate of drug-likeness (QED) is 0.777. The topological polar surface area (TPSA) is 91.7 Å². The molecule has 7 nitrogen and oxygen atoms in total. The van der Waals surface area contributed by atoms with Crippen LogP contribution in [0.5, 0.6) is 11.9 Å². The maximum absolute atomic E-state index is 5.69. The van der Waals surface area contributed by atoms with Gasteiger partial charge in [0, 0.05) is 0 Å². The lowest BCUT2D eigenvalue weighted by atomic mass is 10.3. The van der Waals surface area contributed by atoms with E-state index in [9.17, 15) is 0 Å². The summed E-state index contributed by atoms with van der Waals surface area (Å²) in [6.07, 6.45) is 2.91.